The summed E-state index contributed by atoms with van der Waals surface area (Å²) in [6.07, 6.45) is 0. The number of hydrogen-bond acceptors (Lipinski definition) is 4. The molecule has 2 aromatic heterocycles. The molecule has 0 aliphatic carbocycles. The van der Waals surface area contributed by atoms with Crippen LogP contribution in [0, 0.1) is 6.92 Å². The first kappa shape index (κ1) is 8.96. The van der Waals surface area contributed by atoms with Gasteiger partial charge >= 0.3 is 5.97 Å². The number of aromatic nitrogens is 1. The van der Waals surface area contributed by atoms with E-state index in [9.17, 15) is 4.79 Å². The lowest BCUT2D eigenvalue weighted by atomic mass is 10.3. The lowest BCUT2D eigenvalue weighted by Gasteiger charge is -1.83. The van der Waals surface area contributed by atoms with Crippen LogP contribution in [-0.2, 0) is 0 Å². The van der Waals surface area contributed by atoms with Gasteiger partial charge < -0.3 is 9.63 Å². The van der Waals surface area contributed by atoms with Gasteiger partial charge in [-0.15, -0.1) is 11.3 Å². The van der Waals surface area contributed by atoms with E-state index < -0.39 is 5.97 Å². The largest absolute Gasteiger partial charge is 0.476 e. The molecular weight excluding hydrogens is 202 g/mol. The highest BCUT2D eigenvalue weighted by Crippen LogP contribution is 2.27. The van der Waals surface area contributed by atoms with Gasteiger partial charge in [0.25, 0.3) is 0 Å². The van der Waals surface area contributed by atoms with E-state index >= 15 is 0 Å². The zero-order valence-electron chi connectivity index (χ0n) is 7.35. The summed E-state index contributed by atoms with van der Waals surface area (Å²) in [5.41, 5.74) is -0.0638. The van der Waals surface area contributed by atoms with E-state index in [1.165, 1.54) is 17.4 Å². The van der Waals surface area contributed by atoms with E-state index in [1.807, 2.05) is 19.1 Å². The summed E-state index contributed by atoms with van der Waals surface area (Å²) in [6, 6.07) is 5.25. The topological polar surface area (TPSA) is 63.3 Å². The van der Waals surface area contributed by atoms with Gasteiger partial charge in [-0.05, 0) is 19.1 Å². The molecule has 0 atom stereocenters. The van der Waals surface area contributed by atoms with Crippen LogP contribution in [0.3, 0.4) is 0 Å². The maximum atomic E-state index is 10.5. The average Bonchev–Trinajstić information content (AvgIpc) is 2.70. The number of rotatable bonds is 2. The number of carboxylic acid groups (broad SMARTS) is 1. The Morgan fingerprint density at radius 3 is 2.86 bits per heavy atom. The Bertz CT molecular complexity index is 472. The second kappa shape index (κ2) is 3.26. The molecular formula is C9H7NO3S. The zero-order valence-corrected chi connectivity index (χ0v) is 8.17. The number of hydrogen-bond donors (Lipinski definition) is 1. The van der Waals surface area contributed by atoms with Crippen molar-refractivity contribution in [2.24, 2.45) is 0 Å². The highest BCUT2D eigenvalue weighted by molar-refractivity contribution is 7.15. The van der Waals surface area contributed by atoms with E-state index in [0.29, 0.717) is 5.76 Å². The number of carboxylic acids is 1. The molecule has 0 aliphatic rings. The van der Waals surface area contributed by atoms with Crippen LogP contribution >= 0.6 is 11.3 Å². The van der Waals surface area contributed by atoms with Gasteiger partial charge in [0.1, 0.15) is 0 Å². The smallest absolute Gasteiger partial charge is 0.358 e. The van der Waals surface area contributed by atoms with E-state index in [1.54, 1.807) is 0 Å². The standard InChI is InChI=1S/C9H7NO3S/c1-5-2-3-8(14-5)7-4-6(9(11)12)10-13-7/h2-4H,1H3,(H,11,12). The van der Waals surface area contributed by atoms with Crippen molar-refractivity contribution in [2.75, 3.05) is 0 Å². The second-order valence-electron chi connectivity index (χ2n) is 2.79. The molecule has 5 heteroatoms. The van der Waals surface area contributed by atoms with Gasteiger partial charge in [-0.1, -0.05) is 5.16 Å². The molecule has 0 saturated carbocycles. The third-order valence-electron chi connectivity index (χ3n) is 1.71. The van der Waals surface area contributed by atoms with Gasteiger partial charge in [-0.2, -0.15) is 0 Å². The van der Waals surface area contributed by atoms with Gasteiger partial charge in [0.05, 0.1) is 4.88 Å². The minimum absolute atomic E-state index is 0.0638. The highest BCUT2D eigenvalue weighted by atomic mass is 32.1. The van der Waals surface area contributed by atoms with Crippen molar-refractivity contribution in [2.45, 2.75) is 6.92 Å². The van der Waals surface area contributed by atoms with E-state index in [0.717, 1.165) is 9.75 Å². The molecule has 1 N–H and O–H groups in total. The van der Waals surface area contributed by atoms with Gasteiger partial charge in [0.15, 0.2) is 11.5 Å². The Labute approximate surface area is 83.8 Å². The van der Waals surface area contributed by atoms with Crippen LogP contribution in [-0.4, -0.2) is 16.2 Å². The van der Waals surface area contributed by atoms with Crippen LogP contribution in [0.25, 0.3) is 10.6 Å². The Morgan fingerprint density at radius 2 is 2.36 bits per heavy atom. The summed E-state index contributed by atoms with van der Waals surface area (Å²) in [7, 11) is 0. The van der Waals surface area contributed by atoms with Gasteiger partial charge in [-0.25, -0.2) is 4.79 Å². The third-order valence-corrected chi connectivity index (χ3v) is 2.73. The average molecular weight is 209 g/mol. The van der Waals surface area contributed by atoms with Crippen molar-refractivity contribution in [1.29, 1.82) is 0 Å². The SMILES string of the molecule is Cc1ccc(-c2cc(C(=O)O)no2)s1. The summed E-state index contributed by atoms with van der Waals surface area (Å²) in [4.78, 5) is 12.6. The Kier molecular flexibility index (Phi) is 2.09. The maximum Gasteiger partial charge on any atom is 0.358 e. The Hall–Kier alpha value is -1.62. The quantitative estimate of drug-likeness (QED) is 0.824. The van der Waals surface area contributed by atoms with Crippen molar-refractivity contribution < 1.29 is 14.4 Å². The summed E-state index contributed by atoms with van der Waals surface area (Å²) >= 11 is 1.54. The molecule has 0 aromatic carbocycles. The zero-order chi connectivity index (χ0) is 10.1. The van der Waals surface area contributed by atoms with E-state index in [4.69, 9.17) is 9.63 Å². The molecule has 0 spiro atoms. The molecule has 0 aliphatic heterocycles. The predicted molar refractivity (Wildman–Crippen MR) is 51.5 cm³/mol. The molecule has 0 fully saturated rings. The predicted octanol–water partition coefficient (Wildman–Crippen LogP) is 2.41. The van der Waals surface area contributed by atoms with Crippen molar-refractivity contribution in [3.63, 3.8) is 0 Å². The molecule has 0 saturated heterocycles. The molecule has 2 rings (SSSR count). The molecule has 4 nitrogen and oxygen atoms in total. The summed E-state index contributed by atoms with van der Waals surface area (Å²) in [6.45, 7) is 1.97. The number of nitrogens with zero attached hydrogens (tertiary/aromatic N) is 1. The molecule has 0 unspecified atom stereocenters. The molecule has 72 valence electrons. The molecule has 2 aromatic rings. The van der Waals surface area contributed by atoms with Crippen LogP contribution in [0.15, 0.2) is 22.7 Å². The number of aromatic carboxylic acids is 1. The van der Waals surface area contributed by atoms with Crippen molar-refractivity contribution >= 4 is 17.3 Å². The van der Waals surface area contributed by atoms with Crippen LogP contribution in [0.2, 0.25) is 0 Å². The van der Waals surface area contributed by atoms with Gasteiger partial charge in [-0.3, -0.25) is 0 Å². The summed E-state index contributed by atoms with van der Waals surface area (Å²) in [5, 5.41) is 12.1. The van der Waals surface area contributed by atoms with Crippen LogP contribution in [0.5, 0.6) is 0 Å². The lowest BCUT2D eigenvalue weighted by Crippen LogP contribution is -1.94. The first-order valence-corrected chi connectivity index (χ1v) is 4.75. The molecule has 0 amide bonds. The van der Waals surface area contributed by atoms with E-state index in [2.05, 4.69) is 5.16 Å². The van der Waals surface area contributed by atoms with Gasteiger partial charge in [0.2, 0.25) is 0 Å². The third kappa shape index (κ3) is 1.54. The number of carbonyl (C=O) groups is 1. The fourth-order valence-corrected chi connectivity index (χ4v) is 1.87. The number of aryl methyl sites for hydroxylation is 1. The van der Waals surface area contributed by atoms with E-state index in [-0.39, 0.29) is 5.69 Å². The minimum atomic E-state index is -1.08. The summed E-state index contributed by atoms with van der Waals surface area (Å²) < 4.78 is 4.90. The fourth-order valence-electron chi connectivity index (χ4n) is 1.06. The van der Waals surface area contributed by atoms with Crippen LogP contribution in [0.1, 0.15) is 15.4 Å². The highest BCUT2D eigenvalue weighted by Gasteiger charge is 2.12. The second-order valence-corrected chi connectivity index (χ2v) is 4.08. The first-order valence-electron chi connectivity index (χ1n) is 3.93. The lowest BCUT2D eigenvalue weighted by molar-refractivity contribution is 0.0686. The first-order chi connectivity index (χ1) is 6.66. The number of thiophene rings is 1. The van der Waals surface area contributed by atoms with Crippen LogP contribution < -0.4 is 0 Å². The van der Waals surface area contributed by atoms with Crippen molar-refractivity contribution in [3.8, 4) is 10.6 Å². The normalized spacial score (nSPS) is 10.4. The van der Waals surface area contributed by atoms with Gasteiger partial charge in [0, 0.05) is 10.9 Å². The molecule has 0 radical (unpaired) electrons. The van der Waals surface area contributed by atoms with Crippen LogP contribution in [0.4, 0.5) is 0 Å². The Morgan fingerprint density at radius 1 is 1.57 bits per heavy atom. The van der Waals surface area contributed by atoms with Crippen molar-refractivity contribution in [1.82, 2.24) is 5.16 Å². The fraction of sp³-hybridized carbons (Fsp3) is 0.111. The maximum absolute atomic E-state index is 10.5. The Balaban J connectivity index is 2.38. The monoisotopic (exact) mass is 209 g/mol. The van der Waals surface area contributed by atoms with Crippen molar-refractivity contribution in [3.05, 3.63) is 28.8 Å². The molecule has 0 bridgehead atoms. The molecule has 2 heterocycles. The minimum Gasteiger partial charge on any atom is -0.476 e. The molecule has 14 heavy (non-hydrogen) atoms. The summed E-state index contributed by atoms with van der Waals surface area (Å²) in [5.74, 6) is -0.575.